The van der Waals surface area contributed by atoms with E-state index >= 15 is 0 Å². The van der Waals surface area contributed by atoms with Crippen LogP contribution in [0.1, 0.15) is 41.3 Å². The standard InChI is InChI=1S/C19H22O5/c1-12-6-8-14(9-7-12)5-3-4-13(2)24-19(23)15-10-16(20)18(22)17(21)11-15/h6-11,13,20-22H,3-5H2,1-2H3. The molecule has 5 nitrogen and oxygen atoms in total. The number of phenolic OH excluding ortho intramolecular Hbond substituents is 3. The van der Waals surface area contributed by atoms with Crippen molar-refractivity contribution in [3.05, 3.63) is 53.1 Å². The number of ether oxygens (including phenoxy) is 1. The molecule has 0 bridgehead atoms. The van der Waals surface area contributed by atoms with Crippen molar-refractivity contribution < 1.29 is 24.9 Å². The Morgan fingerprint density at radius 1 is 1.08 bits per heavy atom. The summed E-state index contributed by atoms with van der Waals surface area (Å²) in [5, 5.41) is 28.2. The molecule has 128 valence electrons. The van der Waals surface area contributed by atoms with Gasteiger partial charge in [0, 0.05) is 0 Å². The van der Waals surface area contributed by atoms with Crippen LogP contribution in [0.4, 0.5) is 0 Å². The van der Waals surface area contributed by atoms with Crippen LogP contribution in [0.2, 0.25) is 0 Å². The maximum absolute atomic E-state index is 12.0. The van der Waals surface area contributed by atoms with Crippen LogP contribution in [0.3, 0.4) is 0 Å². The summed E-state index contributed by atoms with van der Waals surface area (Å²) in [6.45, 7) is 3.84. The van der Waals surface area contributed by atoms with E-state index in [4.69, 9.17) is 4.74 Å². The zero-order chi connectivity index (χ0) is 17.7. The van der Waals surface area contributed by atoms with Crippen LogP contribution in [0.5, 0.6) is 17.2 Å². The third-order valence-electron chi connectivity index (χ3n) is 3.81. The van der Waals surface area contributed by atoms with E-state index in [9.17, 15) is 20.1 Å². The van der Waals surface area contributed by atoms with E-state index < -0.39 is 23.2 Å². The van der Waals surface area contributed by atoms with E-state index in [1.165, 1.54) is 11.1 Å². The third kappa shape index (κ3) is 4.65. The highest BCUT2D eigenvalue weighted by molar-refractivity contribution is 5.91. The highest BCUT2D eigenvalue weighted by atomic mass is 16.5. The SMILES string of the molecule is Cc1ccc(CCCC(C)OC(=O)c2cc(O)c(O)c(O)c2)cc1. The van der Waals surface area contributed by atoms with Gasteiger partial charge in [0.1, 0.15) is 0 Å². The molecule has 2 aromatic rings. The highest BCUT2D eigenvalue weighted by Crippen LogP contribution is 2.35. The molecule has 0 aliphatic carbocycles. The normalized spacial score (nSPS) is 11.9. The predicted octanol–water partition coefficient (Wildman–Crippen LogP) is 3.68. The van der Waals surface area contributed by atoms with E-state index in [1.807, 2.05) is 6.92 Å². The smallest absolute Gasteiger partial charge is 0.338 e. The fourth-order valence-corrected chi connectivity index (χ4v) is 2.38. The zero-order valence-electron chi connectivity index (χ0n) is 13.8. The summed E-state index contributed by atoms with van der Waals surface area (Å²) in [6.07, 6.45) is 2.20. The van der Waals surface area contributed by atoms with Gasteiger partial charge in [0.2, 0.25) is 0 Å². The Kier molecular flexibility index (Phi) is 5.68. The maximum Gasteiger partial charge on any atom is 0.338 e. The minimum Gasteiger partial charge on any atom is -0.504 e. The number of carbonyl (C=O) groups excluding carboxylic acids is 1. The molecule has 0 aliphatic rings. The van der Waals surface area contributed by atoms with Crippen LogP contribution in [-0.2, 0) is 11.2 Å². The van der Waals surface area contributed by atoms with Crippen LogP contribution in [-0.4, -0.2) is 27.4 Å². The van der Waals surface area contributed by atoms with Gasteiger partial charge in [-0.1, -0.05) is 29.8 Å². The highest BCUT2D eigenvalue weighted by Gasteiger charge is 2.16. The van der Waals surface area contributed by atoms with Gasteiger partial charge in [-0.2, -0.15) is 0 Å². The average Bonchev–Trinajstić information content (AvgIpc) is 2.54. The number of esters is 1. The van der Waals surface area contributed by atoms with Gasteiger partial charge >= 0.3 is 5.97 Å². The number of aromatic hydroxyl groups is 3. The fourth-order valence-electron chi connectivity index (χ4n) is 2.38. The number of rotatable bonds is 6. The van der Waals surface area contributed by atoms with Crippen molar-refractivity contribution in [1.82, 2.24) is 0 Å². The Morgan fingerprint density at radius 3 is 2.25 bits per heavy atom. The largest absolute Gasteiger partial charge is 0.504 e. The predicted molar refractivity (Wildman–Crippen MR) is 90.4 cm³/mol. The molecule has 0 saturated heterocycles. The van der Waals surface area contributed by atoms with Gasteiger partial charge in [0.25, 0.3) is 0 Å². The summed E-state index contributed by atoms with van der Waals surface area (Å²) in [6, 6.07) is 10.5. The molecule has 0 heterocycles. The quantitative estimate of drug-likeness (QED) is 0.555. The molecule has 0 aliphatic heterocycles. The molecule has 2 aromatic carbocycles. The van der Waals surface area contributed by atoms with Crippen molar-refractivity contribution >= 4 is 5.97 Å². The molecular weight excluding hydrogens is 308 g/mol. The molecule has 1 atom stereocenters. The Morgan fingerprint density at radius 2 is 1.67 bits per heavy atom. The Bertz CT molecular complexity index is 683. The van der Waals surface area contributed by atoms with Crippen LogP contribution < -0.4 is 0 Å². The van der Waals surface area contributed by atoms with Crippen molar-refractivity contribution in [2.45, 2.75) is 39.2 Å². The van der Waals surface area contributed by atoms with Crippen LogP contribution in [0.25, 0.3) is 0 Å². The number of benzene rings is 2. The summed E-state index contributed by atoms with van der Waals surface area (Å²) in [7, 11) is 0. The number of aryl methyl sites for hydroxylation is 2. The van der Waals surface area contributed by atoms with E-state index in [2.05, 4.69) is 24.3 Å². The first-order valence-corrected chi connectivity index (χ1v) is 7.88. The van der Waals surface area contributed by atoms with Crippen molar-refractivity contribution in [3.63, 3.8) is 0 Å². The molecule has 0 spiro atoms. The van der Waals surface area contributed by atoms with Gasteiger partial charge in [-0.15, -0.1) is 0 Å². The Labute approximate surface area is 141 Å². The van der Waals surface area contributed by atoms with E-state index in [-0.39, 0.29) is 11.7 Å². The minimum absolute atomic E-state index is 0.00631. The van der Waals surface area contributed by atoms with E-state index in [1.54, 1.807) is 6.92 Å². The lowest BCUT2D eigenvalue weighted by Gasteiger charge is -2.14. The van der Waals surface area contributed by atoms with E-state index in [0.29, 0.717) is 6.42 Å². The van der Waals surface area contributed by atoms with Crippen LogP contribution >= 0.6 is 0 Å². The van der Waals surface area contributed by atoms with Gasteiger partial charge in [-0.25, -0.2) is 4.79 Å². The molecule has 3 N–H and O–H groups in total. The average molecular weight is 330 g/mol. The van der Waals surface area contributed by atoms with Crippen LogP contribution in [0.15, 0.2) is 36.4 Å². The van der Waals surface area contributed by atoms with Gasteiger partial charge in [0.05, 0.1) is 11.7 Å². The molecule has 24 heavy (non-hydrogen) atoms. The first-order valence-electron chi connectivity index (χ1n) is 7.88. The lowest BCUT2D eigenvalue weighted by atomic mass is 10.1. The number of hydrogen-bond donors (Lipinski definition) is 3. The van der Waals surface area contributed by atoms with Gasteiger partial charge < -0.3 is 20.1 Å². The molecule has 0 fully saturated rings. The van der Waals surface area contributed by atoms with Gasteiger partial charge in [0.15, 0.2) is 17.2 Å². The van der Waals surface area contributed by atoms with E-state index in [0.717, 1.165) is 25.0 Å². The lowest BCUT2D eigenvalue weighted by molar-refractivity contribution is 0.0320. The van der Waals surface area contributed by atoms with Gasteiger partial charge in [-0.3, -0.25) is 0 Å². The summed E-state index contributed by atoms with van der Waals surface area (Å²) in [5.74, 6) is -2.43. The lowest BCUT2D eigenvalue weighted by Crippen LogP contribution is -2.15. The topological polar surface area (TPSA) is 87.0 Å². The van der Waals surface area contributed by atoms with Gasteiger partial charge in [-0.05, 0) is 50.8 Å². The van der Waals surface area contributed by atoms with Crippen LogP contribution in [0, 0.1) is 6.92 Å². The number of phenols is 3. The van der Waals surface area contributed by atoms with Crippen molar-refractivity contribution in [2.75, 3.05) is 0 Å². The summed E-state index contributed by atoms with van der Waals surface area (Å²) in [5.41, 5.74) is 2.46. The summed E-state index contributed by atoms with van der Waals surface area (Å²) in [4.78, 5) is 12.0. The fraction of sp³-hybridized carbons (Fsp3) is 0.316. The van der Waals surface area contributed by atoms with Crippen molar-refractivity contribution in [3.8, 4) is 17.2 Å². The second-order valence-electron chi connectivity index (χ2n) is 5.96. The van der Waals surface area contributed by atoms with Crippen molar-refractivity contribution in [1.29, 1.82) is 0 Å². The molecule has 0 aromatic heterocycles. The molecular formula is C19H22O5. The summed E-state index contributed by atoms with van der Waals surface area (Å²) >= 11 is 0. The van der Waals surface area contributed by atoms with Crippen molar-refractivity contribution in [2.24, 2.45) is 0 Å². The molecule has 2 rings (SSSR count). The number of carbonyl (C=O) groups is 1. The maximum atomic E-state index is 12.0. The Hall–Kier alpha value is -2.69. The third-order valence-corrected chi connectivity index (χ3v) is 3.81. The molecule has 0 amide bonds. The second-order valence-corrected chi connectivity index (χ2v) is 5.96. The first-order chi connectivity index (χ1) is 11.4. The Balaban J connectivity index is 1.84. The molecule has 0 radical (unpaired) electrons. The number of hydrogen-bond acceptors (Lipinski definition) is 5. The molecule has 1 unspecified atom stereocenters. The zero-order valence-corrected chi connectivity index (χ0v) is 13.8. The first kappa shape index (κ1) is 17.7. The monoisotopic (exact) mass is 330 g/mol. The molecule has 0 saturated carbocycles. The second kappa shape index (κ2) is 7.73. The molecule has 5 heteroatoms. The summed E-state index contributed by atoms with van der Waals surface area (Å²) < 4.78 is 5.30. The minimum atomic E-state index is -0.655.